The molecule has 29 heavy (non-hydrogen) atoms. The maximum atomic E-state index is 11.7. The van der Waals surface area contributed by atoms with Crippen molar-refractivity contribution in [1.82, 2.24) is 10.2 Å². The number of carboxylic acid groups (broad SMARTS) is 1. The molecule has 0 aliphatic rings. The molecule has 0 aromatic heterocycles. The number of carboxylic acids is 1. The fourth-order valence-electron chi connectivity index (χ4n) is 1.72. The number of carbonyl (C=O) groups is 3. The molecule has 0 rings (SSSR count). The van der Waals surface area contributed by atoms with Crippen LogP contribution in [0.2, 0.25) is 0 Å². The minimum atomic E-state index is -1.13. The molecule has 11 heteroatoms. The van der Waals surface area contributed by atoms with Crippen molar-refractivity contribution in [1.29, 1.82) is 0 Å². The summed E-state index contributed by atoms with van der Waals surface area (Å²) >= 11 is 0. The summed E-state index contributed by atoms with van der Waals surface area (Å²) in [7, 11) is 1.65. The molecule has 0 bridgehead atoms. The minimum Gasteiger partial charge on any atom is -0.480 e. The maximum absolute atomic E-state index is 11.7. The summed E-state index contributed by atoms with van der Waals surface area (Å²) in [4.78, 5) is 34.7. The lowest BCUT2D eigenvalue weighted by Gasteiger charge is -2.24. The number of likely N-dealkylation sites (N-methyl/N-ethyl adjacent to an activating group) is 1. The van der Waals surface area contributed by atoms with Crippen molar-refractivity contribution >= 4 is 18.0 Å². The van der Waals surface area contributed by atoms with E-state index in [4.69, 9.17) is 24.1 Å². The smallest absolute Gasteiger partial charge is 0.410 e. The molecule has 170 valence electrons. The van der Waals surface area contributed by atoms with E-state index in [1.807, 2.05) is 20.8 Å². The van der Waals surface area contributed by atoms with Gasteiger partial charge in [-0.1, -0.05) is 0 Å². The second-order valence-corrected chi connectivity index (χ2v) is 6.98. The van der Waals surface area contributed by atoms with Gasteiger partial charge in [-0.25, -0.2) is 9.59 Å². The molecule has 0 aromatic rings. The quantitative estimate of drug-likeness (QED) is 0.333. The molecule has 0 aliphatic carbocycles. The Morgan fingerprint density at radius 1 is 0.862 bits per heavy atom. The summed E-state index contributed by atoms with van der Waals surface area (Å²) in [5, 5.41) is 10.9. The van der Waals surface area contributed by atoms with E-state index in [1.165, 1.54) is 4.90 Å². The Morgan fingerprint density at radius 2 is 1.41 bits per heavy atom. The van der Waals surface area contributed by atoms with Gasteiger partial charge in [0.2, 0.25) is 5.91 Å². The maximum Gasteiger partial charge on any atom is 0.410 e. The van der Waals surface area contributed by atoms with E-state index in [1.54, 1.807) is 7.05 Å². The van der Waals surface area contributed by atoms with Crippen molar-refractivity contribution in [3.05, 3.63) is 0 Å². The Hall–Kier alpha value is -1.95. The zero-order valence-corrected chi connectivity index (χ0v) is 17.7. The minimum absolute atomic E-state index is 0.295. The molecule has 0 saturated heterocycles. The molecule has 0 saturated carbocycles. The van der Waals surface area contributed by atoms with Gasteiger partial charge in [0.15, 0.2) is 0 Å². The lowest BCUT2D eigenvalue weighted by atomic mass is 10.2. The van der Waals surface area contributed by atoms with E-state index in [0.717, 1.165) is 0 Å². The number of hydrogen-bond acceptors (Lipinski definition) is 8. The van der Waals surface area contributed by atoms with Gasteiger partial charge >= 0.3 is 12.1 Å². The van der Waals surface area contributed by atoms with Crippen LogP contribution in [0.4, 0.5) is 4.79 Å². The lowest BCUT2D eigenvalue weighted by molar-refractivity contribution is -0.143. The van der Waals surface area contributed by atoms with Gasteiger partial charge in [0.25, 0.3) is 0 Å². The van der Waals surface area contributed by atoms with E-state index in [9.17, 15) is 14.4 Å². The van der Waals surface area contributed by atoms with Gasteiger partial charge in [-0.05, 0) is 20.8 Å². The molecule has 0 spiro atoms. The van der Waals surface area contributed by atoms with E-state index < -0.39 is 30.2 Å². The van der Waals surface area contributed by atoms with Crippen LogP contribution in [-0.2, 0) is 33.3 Å². The first-order valence-corrected chi connectivity index (χ1v) is 9.35. The Kier molecular flexibility index (Phi) is 14.8. The van der Waals surface area contributed by atoms with E-state index in [-0.39, 0.29) is 6.61 Å². The fourth-order valence-corrected chi connectivity index (χ4v) is 1.72. The molecule has 2 amide bonds. The number of aliphatic carboxylic acids is 1. The molecule has 0 atom stereocenters. The summed E-state index contributed by atoms with van der Waals surface area (Å²) in [6.07, 6.45) is -0.390. The van der Waals surface area contributed by atoms with Crippen LogP contribution in [0.1, 0.15) is 20.8 Å². The first-order valence-electron chi connectivity index (χ1n) is 9.35. The lowest BCUT2D eigenvalue weighted by Crippen LogP contribution is -2.36. The van der Waals surface area contributed by atoms with E-state index >= 15 is 0 Å². The molecule has 0 aliphatic heterocycles. The van der Waals surface area contributed by atoms with Crippen LogP contribution in [0.15, 0.2) is 0 Å². The van der Waals surface area contributed by atoms with Gasteiger partial charge in [0.05, 0.1) is 39.6 Å². The van der Waals surface area contributed by atoms with Crippen molar-refractivity contribution in [2.75, 3.05) is 73.0 Å². The third kappa shape index (κ3) is 19.2. The number of nitrogens with one attached hydrogen (secondary N) is 1. The van der Waals surface area contributed by atoms with Crippen molar-refractivity contribution in [3.63, 3.8) is 0 Å². The Balaban J connectivity index is 3.38. The van der Waals surface area contributed by atoms with Crippen LogP contribution >= 0.6 is 0 Å². The third-order valence-corrected chi connectivity index (χ3v) is 3.05. The largest absolute Gasteiger partial charge is 0.480 e. The SMILES string of the molecule is CN(CCOCCOCCOCCNC(=O)COCC(=O)O)C(=O)OC(C)(C)C. The Morgan fingerprint density at radius 3 is 1.97 bits per heavy atom. The molecular formula is C18H34N2O9. The van der Waals surface area contributed by atoms with Gasteiger partial charge in [-0.3, -0.25) is 4.79 Å². The van der Waals surface area contributed by atoms with Gasteiger partial charge in [0.1, 0.15) is 18.8 Å². The van der Waals surface area contributed by atoms with Crippen LogP contribution in [0, 0.1) is 0 Å². The van der Waals surface area contributed by atoms with E-state index in [0.29, 0.717) is 52.7 Å². The number of rotatable bonds is 16. The first kappa shape index (κ1) is 27.0. The first-order chi connectivity index (χ1) is 13.6. The molecule has 2 N–H and O–H groups in total. The summed E-state index contributed by atoms with van der Waals surface area (Å²) in [6, 6.07) is 0. The number of ether oxygens (including phenoxy) is 5. The monoisotopic (exact) mass is 422 g/mol. The Bertz CT molecular complexity index is 480. The highest BCUT2D eigenvalue weighted by atomic mass is 16.6. The van der Waals surface area contributed by atoms with Crippen LogP contribution in [-0.4, -0.2) is 107 Å². The molecule has 0 radical (unpaired) electrons. The molecule has 11 nitrogen and oxygen atoms in total. The Labute approximate surface area is 171 Å². The molecule has 0 aromatic carbocycles. The highest BCUT2D eigenvalue weighted by Crippen LogP contribution is 2.08. The van der Waals surface area contributed by atoms with Gasteiger partial charge in [-0.2, -0.15) is 0 Å². The van der Waals surface area contributed by atoms with Crippen molar-refractivity contribution in [3.8, 4) is 0 Å². The zero-order chi connectivity index (χ0) is 22.1. The van der Waals surface area contributed by atoms with Gasteiger partial charge in [0, 0.05) is 20.1 Å². The predicted molar refractivity (Wildman–Crippen MR) is 103 cm³/mol. The number of carbonyl (C=O) groups excluding carboxylic acids is 2. The third-order valence-electron chi connectivity index (χ3n) is 3.05. The standard InChI is InChI=1S/C18H34N2O9/c1-18(2,3)29-17(24)20(4)6-8-26-10-12-27-11-9-25-7-5-19-15(21)13-28-14-16(22)23/h5-14H2,1-4H3,(H,19,21)(H,22,23). The van der Waals surface area contributed by atoms with Gasteiger partial charge in [-0.15, -0.1) is 0 Å². The average molecular weight is 422 g/mol. The van der Waals surface area contributed by atoms with Crippen LogP contribution in [0.25, 0.3) is 0 Å². The fraction of sp³-hybridized carbons (Fsp3) is 0.833. The van der Waals surface area contributed by atoms with Crippen molar-refractivity contribution in [2.24, 2.45) is 0 Å². The van der Waals surface area contributed by atoms with Crippen molar-refractivity contribution < 1.29 is 43.2 Å². The second-order valence-electron chi connectivity index (χ2n) is 6.98. The van der Waals surface area contributed by atoms with E-state index in [2.05, 4.69) is 10.1 Å². The van der Waals surface area contributed by atoms with Crippen molar-refractivity contribution in [2.45, 2.75) is 26.4 Å². The van der Waals surface area contributed by atoms with Crippen LogP contribution in [0.3, 0.4) is 0 Å². The highest BCUT2D eigenvalue weighted by Gasteiger charge is 2.19. The molecule has 0 heterocycles. The second kappa shape index (κ2) is 15.9. The molecule has 0 unspecified atom stereocenters. The summed E-state index contributed by atoms with van der Waals surface area (Å²) in [6.45, 7) is 7.58. The summed E-state index contributed by atoms with van der Waals surface area (Å²) < 4.78 is 25.9. The topological polar surface area (TPSA) is 133 Å². The molecule has 0 fully saturated rings. The van der Waals surface area contributed by atoms with Crippen LogP contribution in [0.5, 0.6) is 0 Å². The zero-order valence-electron chi connectivity index (χ0n) is 17.7. The normalized spacial score (nSPS) is 11.2. The number of amides is 2. The highest BCUT2D eigenvalue weighted by molar-refractivity contribution is 5.77. The number of hydrogen-bond donors (Lipinski definition) is 2. The van der Waals surface area contributed by atoms with Crippen LogP contribution < -0.4 is 5.32 Å². The summed E-state index contributed by atoms with van der Waals surface area (Å²) in [5.74, 6) is -1.53. The predicted octanol–water partition coefficient (Wildman–Crippen LogP) is 0.121. The summed E-state index contributed by atoms with van der Waals surface area (Å²) in [5.41, 5.74) is -0.524. The average Bonchev–Trinajstić information content (AvgIpc) is 2.60. The molecular weight excluding hydrogens is 388 g/mol. The number of nitrogens with zero attached hydrogens (tertiary/aromatic N) is 1. The van der Waals surface area contributed by atoms with Gasteiger partial charge < -0.3 is 39.0 Å².